The molecule has 0 saturated carbocycles. The molecule has 17 heavy (non-hydrogen) atoms. The molecule has 0 radical (unpaired) electrons. The van der Waals surface area contributed by atoms with E-state index < -0.39 is 0 Å². The number of amides is 1. The summed E-state index contributed by atoms with van der Waals surface area (Å²) in [7, 11) is 0. The van der Waals surface area contributed by atoms with Crippen LogP contribution >= 0.6 is 0 Å². The van der Waals surface area contributed by atoms with Crippen molar-refractivity contribution in [2.75, 3.05) is 13.2 Å². The summed E-state index contributed by atoms with van der Waals surface area (Å²) in [5.41, 5.74) is 0. The maximum Gasteiger partial charge on any atom is 0.222 e. The zero-order valence-electron chi connectivity index (χ0n) is 10.8. The summed E-state index contributed by atoms with van der Waals surface area (Å²) in [4.78, 5) is 13.3. The highest BCUT2D eigenvalue weighted by Gasteiger charge is 2.30. The molecule has 0 bridgehead atoms. The van der Waals surface area contributed by atoms with E-state index in [1.165, 1.54) is 0 Å². The van der Waals surface area contributed by atoms with Crippen LogP contribution in [0.3, 0.4) is 0 Å². The van der Waals surface area contributed by atoms with Gasteiger partial charge in [-0.05, 0) is 19.3 Å². The quantitative estimate of drug-likeness (QED) is 0.632. The molecule has 2 N–H and O–H groups in total. The fraction of sp³-hybridized carbons (Fsp3) is 0.923. The molecule has 4 nitrogen and oxygen atoms in total. The Morgan fingerprint density at radius 1 is 1.41 bits per heavy atom. The van der Waals surface area contributed by atoms with Crippen LogP contribution in [0.4, 0.5) is 0 Å². The van der Waals surface area contributed by atoms with Crippen molar-refractivity contribution in [1.82, 2.24) is 4.90 Å². The van der Waals surface area contributed by atoms with Gasteiger partial charge in [0.25, 0.3) is 0 Å². The Balaban J connectivity index is 2.22. The Bertz CT molecular complexity index is 233. The predicted octanol–water partition coefficient (Wildman–Crippen LogP) is 1.30. The SMILES string of the molecule is CCCCC[C@H](O)CCN1C(=O)CC[C@@H]1CO. The first kappa shape index (κ1) is 14.5. The molecule has 0 spiro atoms. The molecule has 1 heterocycles. The second-order valence-electron chi connectivity index (χ2n) is 4.90. The van der Waals surface area contributed by atoms with Crippen molar-refractivity contribution in [3.63, 3.8) is 0 Å². The Kier molecular flexibility index (Phi) is 6.52. The van der Waals surface area contributed by atoms with E-state index in [0.717, 1.165) is 32.1 Å². The molecule has 1 rings (SSSR count). The summed E-state index contributed by atoms with van der Waals surface area (Å²) < 4.78 is 0. The lowest BCUT2D eigenvalue weighted by molar-refractivity contribution is -0.129. The first-order valence-electron chi connectivity index (χ1n) is 6.77. The zero-order chi connectivity index (χ0) is 12.7. The number of nitrogens with zero attached hydrogens (tertiary/aromatic N) is 1. The van der Waals surface area contributed by atoms with Crippen LogP contribution in [-0.2, 0) is 4.79 Å². The maximum absolute atomic E-state index is 11.5. The highest BCUT2D eigenvalue weighted by Crippen LogP contribution is 2.19. The lowest BCUT2D eigenvalue weighted by atomic mass is 10.1. The Labute approximate surface area is 104 Å². The van der Waals surface area contributed by atoms with Crippen LogP contribution in [0.1, 0.15) is 51.9 Å². The predicted molar refractivity (Wildman–Crippen MR) is 66.6 cm³/mol. The molecule has 4 heteroatoms. The molecule has 100 valence electrons. The average molecular weight is 243 g/mol. The zero-order valence-corrected chi connectivity index (χ0v) is 10.8. The van der Waals surface area contributed by atoms with Crippen LogP contribution in [0.2, 0.25) is 0 Å². The molecule has 1 fully saturated rings. The van der Waals surface area contributed by atoms with Gasteiger partial charge in [-0.25, -0.2) is 0 Å². The fourth-order valence-corrected chi connectivity index (χ4v) is 2.35. The molecular weight excluding hydrogens is 218 g/mol. The maximum atomic E-state index is 11.5. The first-order chi connectivity index (χ1) is 8.19. The van der Waals surface area contributed by atoms with E-state index in [2.05, 4.69) is 6.92 Å². The number of hydrogen-bond donors (Lipinski definition) is 2. The minimum absolute atomic E-state index is 0.0228. The van der Waals surface area contributed by atoms with E-state index in [9.17, 15) is 9.90 Å². The number of hydrogen-bond acceptors (Lipinski definition) is 3. The minimum Gasteiger partial charge on any atom is -0.394 e. The number of aliphatic hydroxyl groups is 2. The van der Waals surface area contributed by atoms with Gasteiger partial charge in [0.2, 0.25) is 5.91 Å². The number of rotatable bonds is 8. The average Bonchev–Trinajstić information content (AvgIpc) is 2.67. The molecule has 1 aliphatic heterocycles. The summed E-state index contributed by atoms with van der Waals surface area (Å²) in [6.45, 7) is 2.76. The molecule has 0 aromatic carbocycles. The van der Waals surface area contributed by atoms with E-state index in [0.29, 0.717) is 19.4 Å². The monoisotopic (exact) mass is 243 g/mol. The van der Waals surface area contributed by atoms with Gasteiger partial charge in [-0.1, -0.05) is 26.2 Å². The third kappa shape index (κ3) is 4.64. The van der Waals surface area contributed by atoms with Crippen molar-refractivity contribution < 1.29 is 15.0 Å². The normalized spacial score (nSPS) is 22.2. The van der Waals surface area contributed by atoms with Crippen LogP contribution in [-0.4, -0.2) is 46.3 Å². The number of carbonyl (C=O) groups excluding carboxylic acids is 1. The number of likely N-dealkylation sites (tertiary alicyclic amines) is 1. The molecule has 1 aliphatic rings. The van der Waals surface area contributed by atoms with E-state index >= 15 is 0 Å². The smallest absolute Gasteiger partial charge is 0.222 e. The van der Waals surface area contributed by atoms with Crippen LogP contribution in [0.5, 0.6) is 0 Å². The second-order valence-corrected chi connectivity index (χ2v) is 4.90. The van der Waals surface area contributed by atoms with Crippen LogP contribution in [0.25, 0.3) is 0 Å². The lowest BCUT2D eigenvalue weighted by Gasteiger charge is -2.24. The fourth-order valence-electron chi connectivity index (χ4n) is 2.35. The number of unbranched alkanes of at least 4 members (excludes halogenated alkanes) is 2. The molecular formula is C13H25NO3. The Hall–Kier alpha value is -0.610. The minimum atomic E-state index is -0.311. The molecule has 1 amide bonds. The molecule has 0 aliphatic carbocycles. The summed E-state index contributed by atoms with van der Waals surface area (Å²) in [5.74, 6) is 0.116. The van der Waals surface area contributed by atoms with E-state index in [-0.39, 0.29) is 24.7 Å². The van der Waals surface area contributed by atoms with Crippen molar-refractivity contribution in [2.45, 2.75) is 64.0 Å². The van der Waals surface area contributed by atoms with E-state index in [1.54, 1.807) is 4.90 Å². The highest BCUT2D eigenvalue weighted by molar-refractivity contribution is 5.78. The summed E-state index contributed by atoms with van der Waals surface area (Å²) in [5, 5.41) is 18.9. The molecule has 0 unspecified atom stereocenters. The van der Waals surface area contributed by atoms with Gasteiger partial charge in [0.1, 0.15) is 0 Å². The molecule has 0 aromatic heterocycles. The highest BCUT2D eigenvalue weighted by atomic mass is 16.3. The van der Waals surface area contributed by atoms with Gasteiger partial charge in [0.05, 0.1) is 18.8 Å². The van der Waals surface area contributed by atoms with Gasteiger partial charge < -0.3 is 15.1 Å². The standard InChI is InChI=1S/C13H25NO3/c1-2-3-4-5-12(16)8-9-14-11(10-15)6-7-13(14)17/h11-12,15-16H,2-10H2,1H3/t11-,12+/m1/s1. The third-order valence-corrected chi connectivity index (χ3v) is 3.51. The Morgan fingerprint density at radius 3 is 2.82 bits per heavy atom. The number of aliphatic hydroxyl groups excluding tert-OH is 2. The van der Waals surface area contributed by atoms with Gasteiger partial charge >= 0.3 is 0 Å². The van der Waals surface area contributed by atoms with Crippen molar-refractivity contribution in [1.29, 1.82) is 0 Å². The summed E-state index contributed by atoms with van der Waals surface area (Å²) in [6, 6.07) is -0.0228. The van der Waals surface area contributed by atoms with Gasteiger partial charge in [-0.15, -0.1) is 0 Å². The molecule has 0 aromatic rings. The van der Waals surface area contributed by atoms with Crippen LogP contribution in [0.15, 0.2) is 0 Å². The van der Waals surface area contributed by atoms with Crippen molar-refractivity contribution in [3.8, 4) is 0 Å². The second kappa shape index (κ2) is 7.67. The van der Waals surface area contributed by atoms with E-state index in [4.69, 9.17) is 5.11 Å². The van der Waals surface area contributed by atoms with E-state index in [1.807, 2.05) is 0 Å². The van der Waals surface area contributed by atoms with Gasteiger partial charge in [0.15, 0.2) is 0 Å². The summed E-state index contributed by atoms with van der Waals surface area (Å²) in [6.07, 6.45) is 5.79. The number of carbonyl (C=O) groups is 1. The van der Waals surface area contributed by atoms with Gasteiger partial charge in [-0.3, -0.25) is 4.79 Å². The van der Waals surface area contributed by atoms with Gasteiger partial charge in [-0.2, -0.15) is 0 Å². The topological polar surface area (TPSA) is 60.8 Å². The molecule has 2 atom stereocenters. The Morgan fingerprint density at radius 2 is 2.18 bits per heavy atom. The van der Waals surface area contributed by atoms with Crippen LogP contribution < -0.4 is 0 Å². The first-order valence-corrected chi connectivity index (χ1v) is 6.77. The summed E-state index contributed by atoms with van der Waals surface area (Å²) >= 11 is 0. The molecule has 1 saturated heterocycles. The largest absolute Gasteiger partial charge is 0.394 e. The van der Waals surface area contributed by atoms with Crippen molar-refractivity contribution in [3.05, 3.63) is 0 Å². The lowest BCUT2D eigenvalue weighted by Crippen LogP contribution is -2.37. The van der Waals surface area contributed by atoms with Crippen molar-refractivity contribution >= 4 is 5.91 Å². The van der Waals surface area contributed by atoms with Crippen molar-refractivity contribution in [2.24, 2.45) is 0 Å². The van der Waals surface area contributed by atoms with Crippen LogP contribution in [0, 0.1) is 0 Å². The van der Waals surface area contributed by atoms with Gasteiger partial charge in [0, 0.05) is 13.0 Å². The third-order valence-electron chi connectivity index (χ3n) is 3.51.